The van der Waals surface area contributed by atoms with E-state index in [4.69, 9.17) is 64.5 Å². The van der Waals surface area contributed by atoms with E-state index >= 15 is 0 Å². The molecule has 0 saturated carbocycles. The molecular weight excluding hydrogens is 513 g/mol. The number of hydrogen-bond acceptors (Lipinski definition) is 4. The van der Waals surface area contributed by atoms with Gasteiger partial charge in [0.25, 0.3) is 6.13 Å². The molecule has 0 unspecified atom stereocenters. The van der Waals surface area contributed by atoms with Crippen LogP contribution >= 0.6 is 45.8 Å². The molecule has 1 aromatic carbocycles. The number of benzene rings is 1. The third-order valence-electron chi connectivity index (χ3n) is 6.71. The molecule has 4 nitrogen and oxygen atoms in total. The van der Waals surface area contributed by atoms with Crippen molar-refractivity contribution in [2.75, 3.05) is 0 Å². The first-order chi connectivity index (χ1) is 15.8. The Bertz CT molecular complexity index is 694. The third-order valence-corrected chi connectivity index (χ3v) is 7.78. The van der Waals surface area contributed by atoms with Gasteiger partial charge >= 0.3 is 13.1 Å². The standard InChI is InChI=1S/C8H14BCl.C6H4BClO2.C6H12BClO2.C2H6BCl/c10-9-7-3-1-4-8(9)6-2-5-7;8-7-9-5-3-1-2-4-6(5)10-7;1-5(2)6(3,4)10-7(8)9-5;1-3(2)4/h7-8H,1-6H2;1-4H;1-4H3;1-2H3. The zero-order valence-electron chi connectivity index (χ0n) is 21.2. The molecule has 188 valence electrons. The Morgan fingerprint density at radius 2 is 1.12 bits per heavy atom. The van der Waals surface area contributed by atoms with E-state index in [1.54, 1.807) is 0 Å². The highest BCUT2D eigenvalue weighted by atomic mass is 35.5. The summed E-state index contributed by atoms with van der Waals surface area (Å²) in [5.41, 5.74) is -0.584. The minimum Gasteiger partial charge on any atom is -0.510 e. The van der Waals surface area contributed by atoms with Gasteiger partial charge in [0.2, 0.25) is 6.13 Å². The summed E-state index contributed by atoms with van der Waals surface area (Å²) in [6, 6.07) is 7.38. The van der Waals surface area contributed by atoms with Gasteiger partial charge in [0.15, 0.2) is 0 Å². The van der Waals surface area contributed by atoms with Crippen molar-refractivity contribution in [1.82, 2.24) is 0 Å². The van der Waals surface area contributed by atoms with Crippen LogP contribution < -0.4 is 9.31 Å². The lowest BCUT2D eigenvalue weighted by Gasteiger charge is -2.36. The molecule has 0 aromatic heterocycles. The summed E-state index contributed by atoms with van der Waals surface area (Å²) in [6.07, 6.45) is 9.37. The van der Waals surface area contributed by atoms with Crippen LogP contribution in [0, 0.1) is 0 Å². The molecule has 34 heavy (non-hydrogen) atoms. The van der Waals surface area contributed by atoms with Gasteiger partial charge < -0.3 is 18.6 Å². The minimum atomic E-state index is -0.655. The van der Waals surface area contributed by atoms with E-state index in [0.29, 0.717) is 23.8 Å². The summed E-state index contributed by atoms with van der Waals surface area (Å²) in [6.45, 7) is 10.5. The van der Waals surface area contributed by atoms with Crippen LogP contribution in [0.2, 0.25) is 25.3 Å². The molecule has 0 radical (unpaired) electrons. The number of halogens is 4. The summed E-state index contributed by atoms with van der Waals surface area (Å²) in [5, 5.41) is 0. The van der Waals surface area contributed by atoms with E-state index in [1.807, 2.05) is 65.6 Å². The zero-order valence-corrected chi connectivity index (χ0v) is 24.2. The molecule has 0 spiro atoms. The van der Waals surface area contributed by atoms with Crippen LogP contribution in [0.4, 0.5) is 0 Å². The molecule has 3 saturated heterocycles. The zero-order chi connectivity index (χ0) is 25.5. The highest BCUT2D eigenvalue weighted by Crippen LogP contribution is 2.47. The van der Waals surface area contributed by atoms with Gasteiger partial charge in [0.05, 0.1) is 11.2 Å². The van der Waals surface area contributed by atoms with Crippen LogP contribution in [0.5, 0.6) is 11.5 Å². The quantitative estimate of drug-likeness (QED) is 0.305. The Kier molecular flexibility index (Phi) is 12.2. The van der Waals surface area contributed by atoms with Crippen LogP contribution in [-0.2, 0) is 9.31 Å². The predicted molar refractivity (Wildman–Crippen MR) is 151 cm³/mol. The maximum atomic E-state index is 6.28. The highest BCUT2D eigenvalue weighted by molar-refractivity contribution is 7.08. The second-order valence-electron chi connectivity index (χ2n) is 10.3. The molecule has 0 atom stereocenters. The van der Waals surface area contributed by atoms with Crippen molar-refractivity contribution in [3.63, 3.8) is 0 Å². The molecular formula is C22H36B4Cl4O4. The maximum Gasteiger partial charge on any atom is 0.713 e. The first-order valence-electron chi connectivity index (χ1n) is 12.2. The van der Waals surface area contributed by atoms with Crippen molar-refractivity contribution in [3.8, 4) is 11.5 Å². The van der Waals surface area contributed by atoms with E-state index in [9.17, 15) is 0 Å². The average Bonchev–Trinajstić information content (AvgIpc) is 3.15. The van der Waals surface area contributed by atoms with Gasteiger partial charge in [-0.1, -0.05) is 75.8 Å². The maximum absolute atomic E-state index is 6.28. The van der Waals surface area contributed by atoms with Gasteiger partial charge in [-0.2, -0.15) is 22.9 Å². The third kappa shape index (κ3) is 9.23. The molecule has 2 bridgehead atoms. The lowest BCUT2D eigenvalue weighted by atomic mass is 9.43. The Labute approximate surface area is 227 Å². The molecule has 1 aromatic rings. The van der Waals surface area contributed by atoms with Crippen LogP contribution in [0.3, 0.4) is 0 Å². The molecule has 5 rings (SSSR count). The Balaban J connectivity index is 0.000000167. The van der Waals surface area contributed by atoms with Crippen molar-refractivity contribution in [2.24, 2.45) is 0 Å². The van der Waals surface area contributed by atoms with E-state index < -0.39 is 13.1 Å². The molecule has 12 heteroatoms. The van der Waals surface area contributed by atoms with Crippen molar-refractivity contribution in [1.29, 1.82) is 0 Å². The summed E-state index contributed by atoms with van der Waals surface area (Å²) in [4.78, 5) is 0. The Morgan fingerprint density at radius 1 is 0.765 bits per heavy atom. The molecule has 3 fully saturated rings. The smallest absolute Gasteiger partial charge is 0.510 e. The van der Waals surface area contributed by atoms with Crippen molar-refractivity contribution in [2.45, 2.75) is 103 Å². The van der Waals surface area contributed by atoms with E-state index in [1.165, 1.54) is 38.5 Å². The fourth-order valence-electron chi connectivity index (χ4n) is 4.23. The molecule has 4 aliphatic heterocycles. The molecule has 0 N–H and O–H groups in total. The van der Waals surface area contributed by atoms with E-state index in [-0.39, 0.29) is 11.2 Å². The summed E-state index contributed by atoms with van der Waals surface area (Å²) in [7, 11) is 0. The monoisotopic (exact) mass is 548 g/mol. The van der Waals surface area contributed by atoms with Crippen LogP contribution in [0.1, 0.15) is 66.2 Å². The predicted octanol–water partition coefficient (Wildman–Crippen LogP) is 8.30. The molecule has 4 aliphatic rings. The van der Waals surface area contributed by atoms with Gasteiger partial charge in [-0.05, 0) is 51.5 Å². The summed E-state index contributed by atoms with van der Waals surface area (Å²) >= 11 is 22.7. The van der Waals surface area contributed by atoms with E-state index in [2.05, 4.69) is 0 Å². The Hall–Kier alpha value is 0.160. The number of para-hydroxylation sites is 2. The van der Waals surface area contributed by atoms with Gasteiger partial charge in [-0.3, -0.25) is 0 Å². The second-order valence-corrected chi connectivity index (χ2v) is 12.4. The normalized spacial score (nSPS) is 25.2. The molecule has 0 amide bonds. The fourth-order valence-corrected chi connectivity index (χ4v) is 5.38. The first kappa shape index (κ1) is 30.4. The average molecular weight is 550 g/mol. The van der Waals surface area contributed by atoms with Crippen LogP contribution in [0.25, 0.3) is 0 Å². The van der Waals surface area contributed by atoms with Gasteiger partial charge in [-0.25, -0.2) is 0 Å². The second kappa shape index (κ2) is 13.6. The Morgan fingerprint density at radius 3 is 1.38 bits per heavy atom. The van der Waals surface area contributed by atoms with Gasteiger partial charge in [0, 0.05) is 0 Å². The number of rotatable bonds is 0. The van der Waals surface area contributed by atoms with Crippen molar-refractivity contribution < 1.29 is 18.6 Å². The molecule has 4 heterocycles. The van der Waals surface area contributed by atoms with Gasteiger partial charge in [0.1, 0.15) is 11.5 Å². The van der Waals surface area contributed by atoms with Crippen LogP contribution in [-0.4, -0.2) is 36.5 Å². The van der Waals surface area contributed by atoms with Gasteiger partial charge in [-0.15, -0.1) is 11.5 Å². The largest absolute Gasteiger partial charge is 0.713 e. The van der Waals surface area contributed by atoms with Crippen molar-refractivity contribution >= 4 is 71.2 Å². The lowest BCUT2D eigenvalue weighted by molar-refractivity contribution is 0.00578. The first-order valence-corrected chi connectivity index (χ1v) is 13.9. The van der Waals surface area contributed by atoms with E-state index in [0.717, 1.165) is 11.6 Å². The highest BCUT2D eigenvalue weighted by Gasteiger charge is 2.50. The number of hydrogen-bond donors (Lipinski definition) is 0. The lowest BCUT2D eigenvalue weighted by Crippen LogP contribution is -2.41. The fraction of sp³-hybridized carbons (Fsp3) is 0.727. The summed E-state index contributed by atoms with van der Waals surface area (Å²) in [5.74, 6) is 3.19. The number of fused-ring (bicyclic) bond motifs is 3. The molecule has 0 aliphatic carbocycles. The minimum absolute atomic E-state index is 0.292. The van der Waals surface area contributed by atoms with Crippen molar-refractivity contribution in [3.05, 3.63) is 24.3 Å². The summed E-state index contributed by atoms with van der Waals surface area (Å²) < 4.78 is 20.7. The van der Waals surface area contributed by atoms with Crippen LogP contribution in [0.15, 0.2) is 24.3 Å². The SMILES string of the molecule is CB(C)Cl.CC1(C)OB(Cl)OC1(C)C.ClB1C2CCCC1CCC2.ClB1Oc2ccccc2O1. The topological polar surface area (TPSA) is 36.9 Å².